The summed E-state index contributed by atoms with van der Waals surface area (Å²) in [5.74, 6) is 0.914. The van der Waals surface area contributed by atoms with Crippen molar-refractivity contribution in [3.63, 3.8) is 0 Å². The van der Waals surface area contributed by atoms with E-state index < -0.39 is 0 Å². The van der Waals surface area contributed by atoms with E-state index in [1.807, 2.05) is 23.9 Å². The zero-order valence-corrected chi connectivity index (χ0v) is 9.46. The summed E-state index contributed by atoms with van der Waals surface area (Å²) in [7, 11) is 1.95. The maximum absolute atomic E-state index is 4.19. The van der Waals surface area contributed by atoms with Crippen molar-refractivity contribution in [1.82, 2.24) is 14.5 Å². The Balaban J connectivity index is 0.000000845. The molecular formula is C9H8IrN3-. The van der Waals surface area contributed by atoms with Gasteiger partial charge >= 0.3 is 0 Å². The fourth-order valence-electron chi connectivity index (χ4n) is 1.08. The zero-order valence-electron chi connectivity index (χ0n) is 7.06. The van der Waals surface area contributed by atoms with Crippen molar-refractivity contribution in [2.75, 3.05) is 0 Å². The van der Waals surface area contributed by atoms with Crippen LogP contribution in [0.1, 0.15) is 0 Å². The Bertz CT molecular complexity index is 369. The smallest absolute Gasteiger partial charge is 0.0295 e. The van der Waals surface area contributed by atoms with Gasteiger partial charge in [-0.25, -0.2) is 0 Å². The molecule has 69 valence electrons. The van der Waals surface area contributed by atoms with Crippen molar-refractivity contribution < 1.29 is 20.1 Å². The fourth-order valence-corrected chi connectivity index (χ4v) is 1.08. The molecule has 2 rings (SSSR count). The summed E-state index contributed by atoms with van der Waals surface area (Å²) >= 11 is 0. The van der Waals surface area contributed by atoms with Crippen molar-refractivity contribution in [2.24, 2.45) is 7.05 Å². The summed E-state index contributed by atoms with van der Waals surface area (Å²) in [6, 6.07) is 4.91. The number of imidazole rings is 1. The molecule has 0 saturated heterocycles. The molecule has 2 aromatic heterocycles. The Morgan fingerprint density at radius 1 is 1.38 bits per heavy atom. The van der Waals surface area contributed by atoms with E-state index in [0.29, 0.717) is 0 Å². The molecule has 0 aliphatic rings. The summed E-state index contributed by atoms with van der Waals surface area (Å²) < 4.78 is 1.95. The zero-order chi connectivity index (χ0) is 8.39. The normalized spacial score (nSPS) is 9.31. The molecule has 0 fully saturated rings. The van der Waals surface area contributed by atoms with E-state index in [2.05, 4.69) is 16.0 Å². The molecule has 4 heteroatoms. The molecule has 13 heavy (non-hydrogen) atoms. The SMILES string of the molecule is Cn1ccnc1-c1[c-]cncc1.[Ir]. The molecule has 1 radical (unpaired) electrons. The summed E-state index contributed by atoms with van der Waals surface area (Å²) in [5, 5.41) is 0. The van der Waals surface area contributed by atoms with Crippen molar-refractivity contribution in [2.45, 2.75) is 0 Å². The van der Waals surface area contributed by atoms with E-state index in [1.165, 1.54) is 0 Å². The summed E-state index contributed by atoms with van der Waals surface area (Å²) in [4.78, 5) is 8.08. The molecule has 2 aromatic rings. The second-order valence-electron chi connectivity index (χ2n) is 2.51. The van der Waals surface area contributed by atoms with Crippen LogP contribution in [0.4, 0.5) is 0 Å². The van der Waals surface area contributed by atoms with Gasteiger partial charge in [-0.1, -0.05) is 0 Å². The molecule has 0 aromatic carbocycles. The Morgan fingerprint density at radius 2 is 2.23 bits per heavy atom. The van der Waals surface area contributed by atoms with Gasteiger partial charge in [0.15, 0.2) is 0 Å². The van der Waals surface area contributed by atoms with Crippen LogP contribution in [0.2, 0.25) is 0 Å². The molecule has 0 bridgehead atoms. The second-order valence-corrected chi connectivity index (χ2v) is 2.51. The summed E-state index contributed by atoms with van der Waals surface area (Å²) in [6.45, 7) is 0. The minimum absolute atomic E-state index is 0. The average molecular weight is 350 g/mol. The van der Waals surface area contributed by atoms with Crippen molar-refractivity contribution in [3.8, 4) is 11.4 Å². The fraction of sp³-hybridized carbons (Fsp3) is 0.111. The molecule has 0 N–H and O–H groups in total. The molecule has 0 unspecified atom stereocenters. The summed E-state index contributed by atoms with van der Waals surface area (Å²) in [5.41, 5.74) is 0.970. The van der Waals surface area contributed by atoms with Crippen LogP contribution in [0.3, 0.4) is 0 Å². The van der Waals surface area contributed by atoms with Crippen LogP contribution in [0.25, 0.3) is 11.4 Å². The largest absolute Gasteiger partial charge is 0.387 e. The van der Waals surface area contributed by atoms with Gasteiger partial charge < -0.3 is 9.55 Å². The molecule has 0 saturated carbocycles. The molecule has 0 aliphatic heterocycles. The first-order chi connectivity index (χ1) is 5.88. The van der Waals surface area contributed by atoms with Crippen molar-refractivity contribution in [3.05, 3.63) is 36.9 Å². The van der Waals surface area contributed by atoms with Gasteiger partial charge in [0, 0.05) is 38.3 Å². The number of aromatic nitrogens is 3. The minimum Gasteiger partial charge on any atom is -0.387 e. The van der Waals surface area contributed by atoms with Crippen LogP contribution in [-0.4, -0.2) is 14.5 Å². The van der Waals surface area contributed by atoms with Gasteiger partial charge in [-0.3, -0.25) is 4.98 Å². The van der Waals surface area contributed by atoms with Gasteiger partial charge in [-0.2, -0.15) is 6.07 Å². The third kappa shape index (κ3) is 2.02. The van der Waals surface area contributed by atoms with E-state index in [9.17, 15) is 0 Å². The molecule has 0 atom stereocenters. The van der Waals surface area contributed by atoms with Gasteiger partial charge in [-0.15, -0.1) is 11.6 Å². The minimum atomic E-state index is 0. The topological polar surface area (TPSA) is 30.7 Å². The monoisotopic (exact) mass is 351 g/mol. The van der Waals surface area contributed by atoms with E-state index >= 15 is 0 Å². The van der Waals surface area contributed by atoms with E-state index in [4.69, 9.17) is 0 Å². The third-order valence-electron chi connectivity index (χ3n) is 1.68. The number of hydrogen-bond donors (Lipinski definition) is 0. The van der Waals surface area contributed by atoms with E-state index in [-0.39, 0.29) is 20.1 Å². The molecule has 2 heterocycles. The maximum Gasteiger partial charge on any atom is 0.0295 e. The van der Waals surface area contributed by atoms with Crippen LogP contribution in [0.15, 0.2) is 30.9 Å². The first kappa shape index (κ1) is 10.1. The quantitative estimate of drug-likeness (QED) is 0.726. The van der Waals surface area contributed by atoms with Crippen molar-refractivity contribution >= 4 is 0 Å². The van der Waals surface area contributed by atoms with Crippen LogP contribution in [0.5, 0.6) is 0 Å². The Morgan fingerprint density at radius 3 is 2.77 bits per heavy atom. The predicted octanol–water partition coefficient (Wildman–Crippen LogP) is 1.28. The predicted molar refractivity (Wildman–Crippen MR) is 45.3 cm³/mol. The molecule has 3 nitrogen and oxygen atoms in total. The van der Waals surface area contributed by atoms with Crippen LogP contribution in [0, 0.1) is 6.07 Å². The molecule has 0 spiro atoms. The third-order valence-corrected chi connectivity index (χ3v) is 1.68. The Kier molecular flexibility index (Phi) is 3.34. The first-order valence-electron chi connectivity index (χ1n) is 3.67. The number of hydrogen-bond acceptors (Lipinski definition) is 2. The van der Waals surface area contributed by atoms with Gasteiger partial charge in [0.25, 0.3) is 0 Å². The Labute approximate surface area is 90.2 Å². The summed E-state index contributed by atoms with van der Waals surface area (Å²) in [6.07, 6.45) is 7.05. The van der Waals surface area contributed by atoms with Gasteiger partial charge in [0.05, 0.1) is 0 Å². The number of pyridine rings is 1. The second kappa shape index (κ2) is 4.30. The van der Waals surface area contributed by atoms with Crippen LogP contribution < -0.4 is 0 Å². The maximum atomic E-state index is 4.19. The first-order valence-corrected chi connectivity index (χ1v) is 3.67. The van der Waals surface area contributed by atoms with Gasteiger partial charge in [0.2, 0.25) is 0 Å². The standard InChI is InChI=1S/C9H8N3.Ir/c1-12-7-6-11-9(12)8-2-4-10-5-3-8;/h2,4-7H,1H3;/q-1;. The Hall–Kier alpha value is -0.991. The molecule has 0 amide bonds. The van der Waals surface area contributed by atoms with Crippen molar-refractivity contribution in [1.29, 1.82) is 0 Å². The average Bonchev–Trinajstić information content (AvgIpc) is 2.53. The van der Waals surface area contributed by atoms with Gasteiger partial charge in [-0.05, 0) is 19.4 Å². The number of nitrogens with zero attached hydrogens (tertiary/aromatic N) is 3. The van der Waals surface area contributed by atoms with E-state index in [1.54, 1.807) is 18.6 Å². The van der Waals surface area contributed by atoms with Crippen LogP contribution >= 0.6 is 0 Å². The number of rotatable bonds is 1. The number of aryl methyl sites for hydroxylation is 1. The molecule has 0 aliphatic carbocycles. The molecular weight excluding hydrogens is 342 g/mol. The van der Waals surface area contributed by atoms with E-state index in [0.717, 1.165) is 11.4 Å². The van der Waals surface area contributed by atoms with Crippen LogP contribution in [-0.2, 0) is 27.2 Å². The van der Waals surface area contributed by atoms with Gasteiger partial charge in [0.1, 0.15) is 0 Å².